The predicted molar refractivity (Wildman–Crippen MR) is 79.2 cm³/mol. The number of benzene rings is 1. The summed E-state index contributed by atoms with van der Waals surface area (Å²) >= 11 is 5.79. The van der Waals surface area contributed by atoms with Gasteiger partial charge in [0.1, 0.15) is 16.7 Å². The van der Waals surface area contributed by atoms with Crippen molar-refractivity contribution in [2.24, 2.45) is 5.41 Å². The van der Waals surface area contributed by atoms with E-state index in [1.165, 1.54) is 25.3 Å². The Labute approximate surface area is 129 Å². The number of hydrogen-bond acceptors (Lipinski definition) is 4. The molecule has 0 radical (unpaired) electrons. The van der Waals surface area contributed by atoms with Crippen molar-refractivity contribution >= 4 is 27.6 Å². The van der Waals surface area contributed by atoms with Crippen LogP contribution in [0, 0.1) is 5.41 Å². The van der Waals surface area contributed by atoms with Crippen molar-refractivity contribution < 1.29 is 23.1 Å². The lowest BCUT2D eigenvalue weighted by Gasteiger charge is -2.27. The van der Waals surface area contributed by atoms with Gasteiger partial charge in [-0.05, 0) is 17.5 Å². The minimum Gasteiger partial charge on any atom is -0.495 e. The van der Waals surface area contributed by atoms with Crippen LogP contribution in [0.5, 0.6) is 5.75 Å². The largest absolute Gasteiger partial charge is 0.495 e. The number of halogens is 1. The van der Waals surface area contributed by atoms with Gasteiger partial charge in [0.25, 0.3) is 0 Å². The van der Waals surface area contributed by atoms with Crippen LogP contribution in [0.4, 0.5) is 0 Å². The second-order valence-corrected chi connectivity index (χ2v) is 7.67. The molecule has 0 amide bonds. The van der Waals surface area contributed by atoms with Gasteiger partial charge in [-0.1, -0.05) is 32.4 Å². The first-order valence-electron chi connectivity index (χ1n) is 6.07. The summed E-state index contributed by atoms with van der Waals surface area (Å²) in [4.78, 5) is 11.1. The summed E-state index contributed by atoms with van der Waals surface area (Å²) in [7, 11) is -2.75. The number of hydrogen-bond donors (Lipinski definition) is 2. The van der Waals surface area contributed by atoms with Gasteiger partial charge in [0.2, 0.25) is 10.0 Å². The van der Waals surface area contributed by atoms with Crippen molar-refractivity contribution in [2.75, 3.05) is 7.11 Å². The second kappa shape index (κ2) is 6.21. The van der Waals surface area contributed by atoms with Gasteiger partial charge in [0.05, 0.1) is 7.11 Å². The number of sulfonamides is 1. The van der Waals surface area contributed by atoms with Crippen LogP contribution in [-0.4, -0.2) is 32.6 Å². The number of carbonyl (C=O) groups is 1. The molecular weight excluding hydrogens is 318 g/mol. The van der Waals surface area contributed by atoms with Crippen LogP contribution < -0.4 is 9.46 Å². The van der Waals surface area contributed by atoms with Crippen molar-refractivity contribution in [2.45, 2.75) is 31.7 Å². The fraction of sp³-hybridized carbons (Fsp3) is 0.462. The third-order valence-electron chi connectivity index (χ3n) is 2.80. The molecule has 0 fully saturated rings. The van der Waals surface area contributed by atoms with E-state index in [4.69, 9.17) is 16.3 Å². The van der Waals surface area contributed by atoms with E-state index >= 15 is 0 Å². The normalized spacial score (nSPS) is 13.8. The van der Waals surface area contributed by atoms with Gasteiger partial charge in [0, 0.05) is 11.1 Å². The molecule has 6 nitrogen and oxygen atoms in total. The van der Waals surface area contributed by atoms with Crippen LogP contribution in [0.25, 0.3) is 0 Å². The van der Waals surface area contributed by atoms with E-state index in [2.05, 4.69) is 4.72 Å². The Morgan fingerprint density at radius 3 is 2.38 bits per heavy atom. The second-order valence-electron chi connectivity index (χ2n) is 5.55. The number of methoxy groups -OCH3 is 1. The fourth-order valence-corrected chi connectivity index (χ4v) is 3.39. The fourth-order valence-electron chi connectivity index (χ4n) is 1.68. The van der Waals surface area contributed by atoms with Crippen LogP contribution in [-0.2, 0) is 14.8 Å². The first-order chi connectivity index (χ1) is 9.49. The van der Waals surface area contributed by atoms with E-state index in [9.17, 15) is 18.3 Å². The Hall–Kier alpha value is -1.31. The van der Waals surface area contributed by atoms with Gasteiger partial charge in [-0.25, -0.2) is 8.42 Å². The maximum Gasteiger partial charge on any atom is 0.322 e. The summed E-state index contributed by atoms with van der Waals surface area (Å²) < 4.78 is 32.0. The van der Waals surface area contributed by atoms with Crippen molar-refractivity contribution in [1.29, 1.82) is 0 Å². The number of carboxylic acids is 1. The van der Waals surface area contributed by atoms with E-state index in [1.54, 1.807) is 20.8 Å². The van der Waals surface area contributed by atoms with E-state index in [-0.39, 0.29) is 10.6 Å². The summed E-state index contributed by atoms with van der Waals surface area (Å²) in [6.07, 6.45) is 0. The highest BCUT2D eigenvalue weighted by Gasteiger charge is 2.36. The zero-order valence-electron chi connectivity index (χ0n) is 12.2. The van der Waals surface area contributed by atoms with Gasteiger partial charge in [-0.2, -0.15) is 4.72 Å². The summed E-state index contributed by atoms with van der Waals surface area (Å²) in [5.74, 6) is -1.20. The van der Waals surface area contributed by atoms with Crippen LogP contribution >= 0.6 is 11.6 Å². The molecule has 0 aliphatic rings. The number of ether oxygens (including phenoxy) is 1. The maximum atomic E-state index is 12.4. The van der Waals surface area contributed by atoms with E-state index in [1.807, 2.05) is 0 Å². The third kappa shape index (κ3) is 4.33. The zero-order valence-corrected chi connectivity index (χ0v) is 13.7. The lowest BCUT2D eigenvalue weighted by atomic mass is 9.88. The molecule has 1 rings (SSSR count). The van der Waals surface area contributed by atoms with E-state index in [0.29, 0.717) is 5.02 Å². The standard InChI is InChI=1S/C13H18ClNO5S/c1-13(2,3)11(12(16)17)15-21(18,19)10-6-5-8(14)7-9(10)20-4/h5-7,11,15H,1-4H3,(H,16,17)/t11-/m1/s1. The van der Waals surface area contributed by atoms with Crippen LogP contribution in [0.2, 0.25) is 5.02 Å². The van der Waals surface area contributed by atoms with Gasteiger partial charge < -0.3 is 9.84 Å². The molecule has 0 unspecified atom stereocenters. The van der Waals surface area contributed by atoms with Crippen molar-refractivity contribution in [3.8, 4) is 5.75 Å². The summed E-state index contributed by atoms with van der Waals surface area (Å²) in [5, 5.41) is 9.53. The monoisotopic (exact) mass is 335 g/mol. The van der Waals surface area contributed by atoms with Gasteiger partial charge in [0.15, 0.2) is 0 Å². The number of aliphatic carboxylic acids is 1. The Balaban J connectivity index is 3.26. The molecule has 1 atom stereocenters. The SMILES string of the molecule is COc1cc(Cl)ccc1S(=O)(=O)N[C@H](C(=O)O)C(C)(C)C. The van der Waals surface area contributed by atoms with Gasteiger partial charge >= 0.3 is 5.97 Å². The Morgan fingerprint density at radius 2 is 1.95 bits per heavy atom. The lowest BCUT2D eigenvalue weighted by molar-refractivity contribution is -0.141. The number of rotatable bonds is 5. The quantitative estimate of drug-likeness (QED) is 0.859. The highest BCUT2D eigenvalue weighted by atomic mass is 35.5. The molecule has 0 saturated heterocycles. The molecule has 21 heavy (non-hydrogen) atoms. The molecule has 0 spiro atoms. The van der Waals surface area contributed by atoms with Gasteiger partial charge in [-0.15, -0.1) is 0 Å². The first kappa shape index (κ1) is 17.7. The molecule has 0 bridgehead atoms. The van der Waals surface area contributed by atoms with Crippen LogP contribution in [0.15, 0.2) is 23.1 Å². The molecular formula is C13H18ClNO5S. The van der Waals surface area contributed by atoms with Gasteiger partial charge in [-0.3, -0.25) is 4.79 Å². The number of carboxylic acid groups (broad SMARTS) is 1. The van der Waals surface area contributed by atoms with Crippen LogP contribution in [0.1, 0.15) is 20.8 Å². The molecule has 1 aromatic rings. The molecule has 0 aliphatic carbocycles. The van der Waals surface area contributed by atoms with E-state index in [0.717, 1.165) is 0 Å². The Morgan fingerprint density at radius 1 is 1.38 bits per heavy atom. The van der Waals surface area contributed by atoms with Crippen molar-refractivity contribution in [3.63, 3.8) is 0 Å². The average Bonchev–Trinajstić information content (AvgIpc) is 2.33. The van der Waals surface area contributed by atoms with Crippen molar-refractivity contribution in [1.82, 2.24) is 4.72 Å². The first-order valence-corrected chi connectivity index (χ1v) is 7.94. The average molecular weight is 336 g/mol. The molecule has 8 heteroatoms. The molecule has 2 N–H and O–H groups in total. The molecule has 118 valence electrons. The lowest BCUT2D eigenvalue weighted by Crippen LogP contribution is -2.48. The predicted octanol–water partition coefficient (Wildman–Crippen LogP) is 2.13. The maximum absolute atomic E-state index is 12.4. The molecule has 0 saturated carbocycles. The smallest absolute Gasteiger partial charge is 0.322 e. The highest BCUT2D eigenvalue weighted by Crippen LogP contribution is 2.29. The molecule has 1 aromatic carbocycles. The summed E-state index contributed by atoms with van der Waals surface area (Å²) in [6, 6.07) is 2.74. The molecule has 0 aliphatic heterocycles. The zero-order chi connectivity index (χ0) is 16.4. The molecule has 0 aromatic heterocycles. The van der Waals surface area contributed by atoms with Crippen LogP contribution in [0.3, 0.4) is 0 Å². The summed E-state index contributed by atoms with van der Waals surface area (Å²) in [5.41, 5.74) is -0.793. The number of nitrogens with one attached hydrogen (secondary N) is 1. The summed E-state index contributed by atoms with van der Waals surface area (Å²) in [6.45, 7) is 4.90. The third-order valence-corrected chi connectivity index (χ3v) is 4.50. The van der Waals surface area contributed by atoms with E-state index < -0.39 is 27.4 Å². The minimum absolute atomic E-state index is 0.0491. The topological polar surface area (TPSA) is 92.7 Å². The minimum atomic E-state index is -4.06. The Bertz CT molecular complexity index is 636. The molecule has 0 heterocycles. The van der Waals surface area contributed by atoms with Crippen molar-refractivity contribution in [3.05, 3.63) is 23.2 Å². The Kier molecular flexibility index (Phi) is 5.25. The highest BCUT2D eigenvalue weighted by molar-refractivity contribution is 7.89.